The molecule has 2 saturated carbocycles. The van der Waals surface area contributed by atoms with E-state index in [0.717, 1.165) is 6.42 Å². The minimum Gasteiger partial charge on any atom is -0.386 e. The molecule has 0 radical (unpaired) electrons. The van der Waals surface area contributed by atoms with E-state index >= 15 is 0 Å². The maximum Gasteiger partial charge on any atom is 0.153 e. The zero-order valence-electron chi connectivity index (χ0n) is 16.2. The van der Waals surface area contributed by atoms with Gasteiger partial charge in [0.05, 0.1) is 12.0 Å². The van der Waals surface area contributed by atoms with Crippen molar-refractivity contribution in [2.24, 2.45) is 34.5 Å². The molecule has 0 aromatic rings. The summed E-state index contributed by atoms with van der Waals surface area (Å²) in [7, 11) is 1.53. The lowest BCUT2D eigenvalue weighted by atomic mass is 9.59. The molecule has 2 bridgehead atoms. The number of carbonyl (C=O) groups is 1. The first-order valence-electron chi connectivity index (χ1n) is 9.56. The molecule has 144 valence electrons. The molecule has 0 aromatic carbocycles. The number of fused-ring (bicyclic) bond motifs is 3. The molecule has 4 aliphatic rings. The number of Topliss-reactive ketones (excluding diaryl/α,β-unsaturated/α-hetero) is 1. The summed E-state index contributed by atoms with van der Waals surface area (Å²) in [4.78, 5) is 13.9. The van der Waals surface area contributed by atoms with Crippen LogP contribution >= 0.6 is 0 Å². The summed E-state index contributed by atoms with van der Waals surface area (Å²) in [6.45, 7) is 8.22. The van der Waals surface area contributed by atoms with Gasteiger partial charge in [0.1, 0.15) is 17.8 Å². The number of rotatable bonds is 2. The molecule has 0 aliphatic heterocycles. The molecular formula is C21H30O5. The molecule has 3 N–H and O–H groups in total. The number of methoxy groups -OCH3 is 1. The van der Waals surface area contributed by atoms with Crippen LogP contribution in [-0.4, -0.2) is 52.6 Å². The molecule has 0 saturated heterocycles. The zero-order valence-corrected chi connectivity index (χ0v) is 16.2. The second kappa shape index (κ2) is 5.28. The quantitative estimate of drug-likeness (QED) is 0.648. The van der Waals surface area contributed by atoms with Crippen LogP contribution in [0.5, 0.6) is 0 Å². The Bertz CT molecular complexity index is 722. The predicted octanol–water partition coefficient (Wildman–Crippen LogP) is 1.47. The first-order chi connectivity index (χ1) is 12.0. The molecule has 0 heterocycles. The number of ether oxygens (including phenoxy) is 1. The van der Waals surface area contributed by atoms with Gasteiger partial charge in [0, 0.05) is 13.0 Å². The highest BCUT2D eigenvalue weighted by Gasteiger charge is 2.75. The summed E-state index contributed by atoms with van der Waals surface area (Å²) in [5, 5.41) is 33.7. The van der Waals surface area contributed by atoms with Gasteiger partial charge in [0.2, 0.25) is 0 Å². The Labute approximate surface area is 154 Å². The third kappa shape index (κ3) is 1.83. The van der Waals surface area contributed by atoms with Crippen molar-refractivity contribution in [3.8, 4) is 0 Å². The lowest BCUT2D eigenvalue weighted by Gasteiger charge is -2.48. The van der Waals surface area contributed by atoms with Crippen molar-refractivity contribution in [2.45, 2.75) is 51.9 Å². The molecule has 4 rings (SSSR count). The normalized spacial score (nSPS) is 51.6. The Hall–Kier alpha value is -1.01. The average molecular weight is 362 g/mol. The van der Waals surface area contributed by atoms with Crippen molar-refractivity contribution in [3.05, 3.63) is 23.3 Å². The summed E-state index contributed by atoms with van der Waals surface area (Å²) in [6, 6.07) is 0. The van der Waals surface area contributed by atoms with Crippen LogP contribution in [0, 0.1) is 34.5 Å². The van der Waals surface area contributed by atoms with Crippen molar-refractivity contribution in [1.29, 1.82) is 0 Å². The average Bonchev–Trinajstić information content (AvgIpc) is 3.07. The van der Waals surface area contributed by atoms with E-state index < -0.39 is 23.2 Å². The molecule has 4 aliphatic carbocycles. The molecule has 26 heavy (non-hydrogen) atoms. The molecule has 1 spiro atoms. The Morgan fingerprint density at radius 2 is 1.92 bits per heavy atom. The van der Waals surface area contributed by atoms with Crippen molar-refractivity contribution < 1.29 is 24.9 Å². The van der Waals surface area contributed by atoms with Gasteiger partial charge in [-0.25, -0.2) is 0 Å². The SMILES string of the molecule is COCC1=C[C@@H]2C(=O)[C@]3(C=C(C)[C@H](O)[C@@]3(O)[C@@H]1O)[C@H](C)C[C@@H]1[C@H]2C1(C)C. The van der Waals surface area contributed by atoms with Crippen molar-refractivity contribution in [3.63, 3.8) is 0 Å². The highest BCUT2D eigenvalue weighted by Crippen LogP contribution is 2.71. The minimum absolute atomic E-state index is 0.0633. The summed E-state index contributed by atoms with van der Waals surface area (Å²) in [5.74, 6) is -0.00688. The van der Waals surface area contributed by atoms with Crippen LogP contribution in [0.2, 0.25) is 0 Å². The van der Waals surface area contributed by atoms with Gasteiger partial charge in [-0.15, -0.1) is 0 Å². The number of ketones is 1. The molecule has 0 amide bonds. The fraction of sp³-hybridized carbons (Fsp3) is 0.762. The predicted molar refractivity (Wildman–Crippen MR) is 96.2 cm³/mol. The van der Waals surface area contributed by atoms with Crippen molar-refractivity contribution in [2.75, 3.05) is 13.7 Å². The lowest BCUT2D eigenvalue weighted by Crippen LogP contribution is -2.65. The van der Waals surface area contributed by atoms with Gasteiger partial charge in [-0.1, -0.05) is 32.9 Å². The molecular weight excluding hydrogens is 332 g/mol. The number of allylic oxidation sites excluding steroid dienone is 1. The molecule has 0 aromatic heterocycles. The topological polar surface area (TPSA) is 87.0 Å². The van der Waals surface area contributed by atoms with Gasteiger partial charge in [-0.2, -0.15) is 0 Å². The molecule has 2 fully saturated rings. The van der Waals surface area contributed by atoms with E-state index in [4.69, 9.17) is 4.74 Å². The first kappa shape index (κ1) is 18.4. The second-order valence-corrected chi connectivity index (χ2v) is 9.54. The van der Waals surface area contributed by atoms with Crippen LogP contribution in [0.4, 0.5) is 0 Å². The smallest absolute Gasteiger partial charge is 0.153 e. The molecule has 8 atom stereocenters. The fourth-order valence-electron chi connectivity index (χ4n) is 6.58. The van der Waals surface area contributed by atoms with E-state index in [0.29, 0.717) is 17.1 Å². The zero-order chi connectivity index (χ0) is 19.2. The third-order valence-corrected chi connectivity index (χ3v) is 8.06. The van der Waals surface area contributed by atoms with Crippen LogP contribution in [0.1, 0.15) is 34.1 Å². The highest BCUT2D eigenvalue weighted by molar-refractivity contribution is 5.95. The number of aliphatic hydroxyl groups excluding tert-OH is 2. The maximum atomic E-state index is 13.9. The van der Waals surface area contributed by atoms with E-state index in [1.54, 1.807) is 13.0 Å². The van der Waals surface area contributed by atoms with Gasteiger partial charge in [-0.05, 0) is 47.7 Å². The van der Waals surface area contributed by atoms with Crippen LogP contribution in [0.3, 0.4) is 0 Å². The van der Waals surface area contributed by atoms with E-state index in [1.165, 1.54) is 7.11 Å². The van der Waals surface area contributed by atoms with Crippen LogP contribution < -0.4 is 0 Å². The summed E-state index contributed by atoms with van der Waals surface area (Å²) >= 11 is 0. The van der Waals surface area contributed by atoms with E-state index in [9.17, 15) is 20.1 Å². The molecule has 5 nitrogen and oxygen atoms in total. The van der Waals surface area contributed by atoms with Gasteiger partial charge in [0.25, 0.3) is 0 Å². The van der Waals surface area contributed by atoms with Gasteiger partial charge >= 0.3 is 0 Å². The Kier molecular flexibility index (Phi) is 3.73. The minimum atomic E-state index is -1.95. The summed E-state index contributed by atoms with van der Waals surface area (Å²) in [5.41, 5.74) is -2.11. The first-order valence-corrected chi connectivity index (χ1v) is 9.56. The van der Waals surface area contributed by atoms with E-state index in [2.05, 4.69) is 13.8 Å². The largest absolute Gasteiger partial charge is 0.386 e. The number of aliphatic hydroxyl groups is 3. The van der Waals surface area contributed by atoms with Crippen LogP contribution in [0.15, 0.2) is 23.3 Å². The number of hydrogen-bond donors (Lipinski definition) is 3. The van der Waals surface area contributed by atoms with Crippen LogP contribution in [-0.2, 0) is 9.53 Å². The summed E-state index contributed by atoms with van der Waals surface area (Å²) < 4.78 is 5.25. The number of hydrogen-bond acceptors (Lipinski definition) is 5. The van der Waals surface area contributed by atoms with E-state index in [1.807, 2.05) is 13.0 Å². The number of carbonyl (C=O) groups excluding carboxylic acids is 1. The van der Waals surface area contributed by atoms with E-state index in [-0.39, 0.29) is 35.6 Å². The van der Waals surface area contributed by atoms with Crippen molar-refractivity contribution >= 4 is 5.78 Å². The maximum absolute atomic E-state index is 13.9. The summed E-state index contributed by atoms with van der Waals surface area (Å²) in [6.07, 6.45) is 1.77. The van der Waals surface area contributed by atoms with Crippen LogP contribution in [0.25, 0.3) is 0 Å². The Balaban J connectivity index is 1.97. The van der Waals surface area contributed by atoms with Gasteiger partial charge in [0.15, 0.2) is 5.78 Å². The lowest BCUT2D eigenvalue weighted by molar-refractivity contribution is -0.190. The third-order valence-electron chi connectivity index (χ3n) is 8.06. The Morgan fingerprint density at radius 1 is 1.27 bits per heavy atom. The van der Waals surface area contributed by atoms with Crippen molar-refractivity contribution in [1.82, 2.24) is 0 Å². The monoisotopic (exact) mass is 362 g/mol. The highest BCUT2D eigenvalue weighted by atomic mass is 16.5. The van der Waals surface area contributed by atoms with Gasteiger partial charge < -0.3 is 20.1 Å². The van der Waals surface area contributed by atoms with Gasteiger partial charge in [-0.3, -0.25) is 4.79 Å². The second-order valence-electron chi connectivity index (χ2n) is 9.54. The molecule has 0 unspecified atom stereocenters. The standard InChI is InChI=1S/C21H30O5/c1-10-8-20-11(2)6-14-15(19(14,3)4)13(18(20)24)7-12(9-26-5)17(23)21(20,25)16(10)22/h7-8,11,13-17,22-23,25H,6,9H2,1-5H3/t11-,13+,14-,15+,16+,17-,20+,21-/m1/s1. The Morgan fingerprint density at radius 3 is 2.54 bits per heavy atom. The fourth-order valence-corrected chi connectivity index (χ4v) is 6.58. The molecule has 5 heteroatoms.